The van der Waals surface area contributed by atoms with Gasteiger partial charge in [-0.2, -0.15) is 13.2 Å². The third-order valence-electron chi connectivity index (χ3n) is 6.93. The molecule has 2 amide bonds. The Hall–Kier alpha value is -3.66. The number of ether oxygens (including phenoxy) is 1. The highest BCUT2D eigenvalue weighted by atomic mass is 19.4. The van der Waals surface area contributed by atoms with Gasteiger partial charge in [-0.3, -0.25) is 19.7 Å². The van der Waals surface area contributed by atoms with Gasteiger partial charge in [0.2, 0.25) is 11.8 Å². The fraction of sp³-hybridized carbons (Fsp3) is 0.393. The third-order valence-corrected chi connectivity index (χ3v) is 6.93. The average molecular weight is 530 g/mol. The van der Waals surface area contributed by atoms with Crippen LogP contribution in [0.25, 0.3) is 6.08 Å². The maximum atomic E-state index is 13.4. The number of nitrogens with one attached hydrogen (secondary N) is 1. The van der Waals surface area contributed by atoms with Crippen molar-refractivity contribution in [1.29, 1.82) is 0 Å². The molecule has 0 bridgehead atoms. The zero-order chi connectivity index (χ0) is 27.3. The number of carbonyl (C=O) groups excluding carboxylic acids is 3. The fourth-order valence-electron chi connectivity index (χ4n) is 5.02. The van der Waals surface area contributed by atoms with Crippen molar-refractivity contribution < 1.29 is 32.3 Å². The number of piperidine rings is 1. The largest absolute Gasteiger partial charge is 0.465 e. The molecule has 2 aliphatic rings. The highest BCUT2D eigenvalue weighted by molar-refractivity contribution is 5.92. The minimum atomic E-state index is -4.46. The highest BCUT2D eigenvalue weighted by Crippen LogP contribution is 2.34. The molecule has 1 unspecified atom stereocenters. The summed E-state index contributed by atoms with van der Waals surface area (Å²) >= 11 is 0. The lowest BCUT2D eigenvalue weighted by Gasteiger charge is -2.44. The molecular weight excluding hydrogens is 499 g/mol. The third kappa shape index (κ3) is 6.24. The molecule has 0 aliphatic carbocycles. The zero-order valence-electron chi connectivity index (χ0n) is 21.0. The molecule has 2 saturated heterocycles. The van der Waals surface area contributed by atoms with Crippen LogP contribution >= 0.6 is 0 Å². The quantitative estimate of drug-likeness (QED) is 0.438. The Morgan fingerprint density at radius 3 is 2.47 bits per heavy atom. The number of rotatable bonds is 7. The van der Waals surface area contributed by atoms with E-state index < -0.39 is 29.4 Å². The molecule has 2 fully saturated rings. The number of nitrogens with zero attached hydrogens (tertiary/aromatic N) is 2. The lowest BCUT2D eigenvalue weighted by Crippen LogP contribution is -2.60. The van der Waals surface area contributed by atoms with Crippen LogP contribution in [0.15, 0.2) is 60.7 Å². The molecule has 2 aromatic rings. The van der Waals surface area contributed by atoms with E-state index >= 15 is 0 Å². The van der Waals surface area contributed by atoms with Crippen molar-refractivity contribution in [3.8, 4) is 0 Å². The molecule has 4 rings (SSSR count). The number of esters is 1. The number of amides is 2. The Morgan fingerprint density at radius 1 is 1.11 bits per heavy atom. The topological polar surface area (TPSA) is 79.0 Å². The van der Waals surface area contributed by atoms with Crippen molar-refractivity contribution in [1.82, 2.24) is 15.1 Å². The van der Waals surface area contributed by atoms with Crippen LogP contribution in [0.4, 0.5) is 13.2 Å². The van der Waals surface area contributed by atoms with Gasteiger partial charge in [-0.25, -0.2) is 0 Å². The van der Waals surface area contributed by atoms with Gasteiger partial charge in [0.1, 0.15) is 6.54 Å². The summed E-state index contributed by atoms with van der Waals surface area (Å²) in [6.45, 7) is 2.34. The van der Waals surface area contributed by atoms with Crippen LogP contribution < -0.4 is 5.32 Å². The summed E-state index contributed by atoms with van der Waals surface area (Å²) < 4.78 is 44.0. The molecule has 0 saturated carbocycles. The SMILES string of the molecule is CCOC(=O)CN1C(=O)C(Cc2ccccc2)NC12CCN(C(=O)C=Cc1cccc(C(F)(F)F)c1)CC2. The summed E-state index contributed by atoms with van der Waals surface area (Å²) in [5, 5.41) is 3.45. The van der Waals surface area contributed by atoms with Crippen molar-refractivity contribution in [2.75, 3.05) is 26.2 Å². The number of likely N-dealkylation sites (tertiary alicyclic amines) is 1. The molecule has 0 aromatic heterocycles. The predicted molar refractivity (Wildman–Crippen MR) is 134 cm³/mol. The standard InChI is InChI=1S/C28H30F3N3O4/c1-2-38-25(36)19-34-26(37)23(18-20-7-4-3-5-8-20)32-27(34)13-15-33(16-14-27)24(35)12-11-21-9-6-10-22(17-21)28(29,30)31/h3-12,17,23,32H,2,13-16,18-19H2,1H3. The van der Waals surface area contributed by atoms with Gasteiger partial charge in [-0.15, -0.1) is 0 Å². The van der Waals surface area contributed by atoms with Crippen LogP contribution in [0, 0.1) is 0 Å². The summed E-state index contributed by atoms with van der Waals surface area (Å²) in [6, 6.07) is 13.8. The second kappa shape index (κ2) is 11.4. The van der Waals surface area contributed by atoms with Crippen LogP contribution in [0.5, 0.6) is 0 Å². The molecule has 2 aliphatic heterocycles. The summed E-state index contributed by atoms with van der Waals surface area (Å²) in [7, 11) is 0. The molecule has 10 heteroatoms. The van der Waals surface area contributed by atoms with Crippen molar-refractivity contribution in [3.05, 3.63) is 77.4 Å². The smallest absolute Gasteiger partial charge is 0.416 e. The second-order valence-corrected chi connectivity index (χ2v) is 9.43. The number of benzene rings is 2. The van der Waals surface area contributed by atoms with Gasteiger partial charge in [0.05, 0.1) is 23.9 Å². The Kier molecular flexibility index (Phi) is 8.20. The highest BCUT2D eigenvalue weighted by Gasteiger charge is 2.52. The monoisotopic (exact) mass is 529 g/mol. The second-order valence-electron chi connectivity index (χ2n) is 9.43. The van der Waals surface area contributed by atoms with Gasteiger partial charge >= 0.3 is 12.1 Å². The average Bonchev–Trinajstić information content (AvgIpc) is 3.13. The molecule has 2 heterocycles. The van der Waals surface area contributed by atoms with E-state index in [1.165, 1.54) is 24.3 Å². The number of halogens is 3. The van der Waals surface area contributed by atoms with E-state index in [9.17, 15) is 27.6 Å². The Balaban J connectivity index is 1.45. The van der Waals surface area contributed by atoms with E-state index in [1.54, 1.807) is 16.7 Å². The van der Waals surface area contributed by atoms with Crippen molar-refractivity contribution in [2.45, 2.75) is 44.1 Å². The molecule has 202 valence electrons. The van der Waals surface area contributed by atoms with E-state index in [0.29, 0.717) is 32.4 Å². The van der Waals surface area contributed by atoms with Gasteiger partial charge in [0.15, 0.2) is 0 Å². The van der Waals surface area contributed by atoms with E-state index in [2.05, 4.69) is 5.32 Å². The Bertz CT molecular complexity index is 1190. The maximum Gasteiger partial charge on any atom is 0.416 e. The molecule has 1 N–H and O–H groups in total. The predicted octanol–water partition coefficient (Wildman–Crippen LogP) is 3.64. The normalized spacial score (nSPS) is 19.4. The van der Waals surface area contributed by atoms with E-state index in [1.807, 2.05) is 30.3 Å². The first-order valence-corrected chi connectivity index (χ1v) is 12.5. The fourth-order valence-corrected chi connectivity index (χ4v) is 5.02. The summed E-state index contributed by atoms with van der Waals surface area (Å²) in [5.41, 5.74) is -0.325. The molecule has 2 aromatic carbocycles. The first kappa shape index (κ1) is 27.4. The molecule has 1 atom stereocenters. The van der Waals surface area contributed by atoms with Gasteiger partial charge in [0, 0.05) is 32.0 Å². The lowest BCUT2D eigenvalue weighted by atomic mass is 9.95. The molecule has 38 heavy (non-hydrogen) atoms. The van der Waals surface area contributed by atoms with Crippen molar-refractivity contribution in [2.24, 2.45) is 0 Å². The number of alkyl halides is 3. The minimum Gasteiger partial charge on any atom is -0.465 e. The first-order chi connectivity index (χ1) is 18.1. The van der Waals surface area contributed by atoms with Gasteiger partial charge < -0.3 is 14.5 Å². The molecular formula is C28H30F3N3O4. The van der Waals surface area contributed by atoms with Crippen molar-refractivity contribution in [3.63, 3.8) is 0 Å². The van der Waals surface area contributed by atoms with Gasteiger partial charge in [0.25, 0.3) is 0 Å². The number of hydrogen-bond donors (Lipinski definition) is 1. The van der Waals surface area contributed by atoms with E-state index in [-0.39, 0.29) is 30.5 Å². The van der Waals surface area contributed by atoms with Crippen LogP contribution in [0.3, 0.4) is 0 Å². The van der Waals surface area contributed by atoms with Gasteiger partial charge in [-0.05, 0) is 42.7 Å². The minimum absolute atomic E-state index is 0.186. The van der Waals surface area contributed by atoms with Crippen LogP contribution in [0.2, 0.25) is 0 Å². The molecule has 0 radical (unpaired) electrons. The van der Waals surface area contributed by atoms with Crippen LogP contribution in [-0.4, -0.2) is 65.5 Å². The Morgan fingerprint density at radius 2 is 1.82 bits per heavy atom. The molecule has 1 spiro atoms. The summed E-state index contributed by atoms with van der Waals surface area (Å²) in [4.78, 5) is 41.7. The Labute approximate surface area is 219 Å². The summed E-state index contributed by atoms with van der Waals surface area (Å²) in [5.74, 6) is -1.02. The van der Waals surface area contributed by atoms with E-state index in [0.717, 1.165) is 17.7 Å². The molecule has 7 nitrogen and oxygen atoms in total. The van der Waals surface area contributed by atoms with Crippen molar-refractivity contribution >= 4 is 23.9 Å². The first-order valence-electron chi connectivity index (χ1n) is 12.5. The van der Waals surface area contributed by atoms with Crippen LogP contribution in [0.1, 0.15) is 36.5 Å². The number of hydrogen-bond acceptors (Lipinski definition) is 5. The lowest BCUT2D eigenvalue weighted by molar-refractivity contribution is -0.152. The summed E-state index contributed by atoms with van der Waals surface area (Å²) in [6.07, 6.45) is -0.589. The van der Waals surface area contributed by atoms with Crippen LogP contribution in [-0.2, 0) is 31.7 Å². The zero-order valence-corrected chi connectivity index (χ0v) is 21.0. The van der Waals surface area contributed by atoms with E-state index in [4.69, 9.17) is 4.74 Å². The number of carbonyl (C=O) groups is 3. The maximum absolute atomic E-state index is 13.4. The van der Waals surface area contributed by atoms with Gasteiger partial charge in [-0.1, -0.05) is 42.5 Å².